The summed E-state index contributed by atoms with van der Waals surface area (Å²) in [4.78, 5) is 0. The maximum absolute atomic E-state index is 12.8. The number of allylic oxidation sites excluding steroid dienone is 1. The molecule has 5 saturated heterocycles. The smallest absolute Gasteiger partial charge is 0.187 e. The summed E-state index contributed by atoms with van der Waals surface area (Å²) in [6.07, 6.45) is -36.9. The topological polar surface area (TPSA) is 477 Å². The second-order valence-electron chi connectivity index (χ2n) is 28.1. The van der Waals surface area contributed by atoms with Crippen LogP contribution in [0.5, 0.6) is 0 Å². The summed E-state index contributed by atoms with van der Waals surface area (Å²) in [5.41, 5.74) is -2.41. The van der Waals surface area contributed by atoms with E-state index in [2.05, 4.69) is 26.8 Å². The molecule has 5 aliphatic heterocycles. The van der Waals surface area contributed by atoms with Gasteiger partial charge in [-0.3, -0.25) is 0 Å². The van der Waals surface area contributed by atoms with Crippen molar-refractivity contribution >= 4 is 0 Å². The third-order valence-corrected chi connectivity index (χ3v) is 22.5. The summed E-state index contributed by atoms with van der Waals surface area (Å²) >= 11 is 0. The van der Waals surface area contributed by atoms with Gasteiger partial charge in [-0.15, -0.1) is 0 Å². The minimum atomic E-state index is -1.95. The monoisotopic (exact) mass is 1270 g/mol. The average molecular weight is 1270 g/mol. The predicted octanol–water partition coefficient (Wildman–Crippen LogP) is -5.65. The molecule has 0 aromatic rings. The lowest BCUT2D eigenvalue weighted by atomic mass is 9.38. The van der Waals surface area contributed by atoms with Gasteiger partial charge in [-0.05, 0) is 93.8 Å². The van der Waals surface area contributed by atoms with Gasteiger partial charge in [0, 0.05) is 10.8 Å². The lowest BCUT2D eigenvalue weighted by Crippen LogP contribution is -2.66. The Kier molecular flexibility index (Phi) is 22.0. The Morgan fingerprint density at radius 2 is 0.989 bits per heavy atom. The predicted molar refractivity (Wildman–Crippen MR) is 296 cm³/mol. The van der Waals surface area contributed by atoms with E-state index in [0.29, 0.717) is 38.5 Å². The molecule has 29 nitrogen and oxygen atoms in total. The van der Waals surface area contributed by atoms with Crippen LogP contribution in [0.2, 0.25) is 0 Å². The zero-order valence-corrected chi connectivity index (χ0v) is 51.0. The molecular formula is C59H100O29. The van der Waals surface area contributed by atoms with Crippen molar-refractivity contribution in [1.29, 1.82) is 0 Å². The summed E-state index contributed by atoms with van der Waals surface area (Å²) in [6.45, 7) is 10.2. The first-order valence-electron chi connectivity index (χ1n) is 31.1. The fourth-order valence-corrected chi connectivity index (χ4v) is 16.7. The van der Waals surface area contributed by atoms with Gasteiger partial charge in [0.15, 0.2) is 31.5 Å². The van der Waals surface area contributed by atoms with Gasteiger partial charge in [0.1, 0.15) is 122 Å². The third-order valence-electron chi connectivity index (χ3n) is 22.5. The largest absolute Gasteiger partial charge is 0.394 e. The fraction of sp³-hybridized carbons (Fsp3) is 0.966. The number of hydrogen-bond acceptors (Lipinski definition) is 29. The molecule has 9 aliphatic rings. The molecule has 0 spiro atoms. The van der Waals surface area contributed by atoms with Crippen LogP contribution in [-0.4, -0.2) is 308 Å². The maximum atomic E-state index is 12.8. The molecule has 0 bridgehead atoms. The van der Waals surface area contributed by atoms with Crippen LogP contribution in [0.1, 0.15) is 106 Å². The number of hydrogen-bond donors (Lipinski definition) is 19. The van der Waals surface area contributed by atoms with E-state index >= 15 is 0 Å². The van der Waals surface area contributed by atoms with E-state index in [1.54, 1.807) is 0 Å². The van der Waals surface area contributed by atoms with Crippen molar-refractivity contribution in [3.8, 4) is 0 Å². The van der Waals surface area contributed by atoms with Gasteiger partial charge in [-0.1, -0.05) is 52.7 Å². The van der Waals surface area contributed by atoms with E-state index in [4.69, 9.17) is 47.4 Å². The van der Waals surface area contributed by atoms with E-state index in [0.717, 1.165) is 18.4 Å². The van der Waals surface area contributed by atoms with Crippen LogP contribution in [-0.2, 0) is 47.4 Å². The van der Waals surface area contributed by atoms with Crippen molar-refractivity contribution < 1.29 is 144 Å². The number of rotatable bonds is 20. The molecule has 29 heteroatoms. The second-order valence-corrected chi connectivity index (χ2v) is 28.1. The summed E-state index contributed by atoms with van der Waals surface area (Å²) in [5.74, 6) is 0.0716. The van der Waals surface area contributed by atoms with Gasteiger partial charge in [-0.25, -0.2) is 0 Å². The molecule has 0 amide bonds. The zero-order valence-electron chi connectivity index (χ0n) is 51.0. The van der Waals surface area contributed by atoms with Gasteiger partial charge in [-0.2, -0.15) is 0 Å². The molecular weight excluding hydrogens is 1170 g/mol. The highest BCUT2D eigenvalue weighted by molar-refractivity contribution is 5.32. The summed E-state index contributed by atoms with van der Waals surface area (Å²) in [7, 11) is 0. The van der Waals surface area contributed by atoms with E-state index in [-0.39, 0.29) is 35.0 Å². The normalized spacial score (nSPS) is 51.9. The highest BCUT2D eigenvalue weighted by Crippen LogP contribution is 2.74. The van der Waals surface area contributed by atoms with Crippen LogP contribution in [0.15, 0.2) is 11.6 Å². The van der Waals surface area contributed by atoms with Gasteiger partial charge in [0.05, 0.1) is 56.9 Å². The van der Waals surface area contributed by atoms with Crippen molar-refractivity contribution in [1.82, 2.24) is 0 Å². The molecule has 5 heterocycles. The van der Waals surface area contributed by atoms with Crippen LogP contribution >= 0.6 is 0 Å². The van der Waals surface area contributed by atoms with E-state index in [1.165, 1.54) is 13.8 Å². The van der Waals surface area contributed by atoms with Crippen molar-refractivity contribution in [3.63, 3.8) is 0 Å². The van der Waals surface area contributed by atoms with E-state index in [1.807, 2.05) is 13.8 Å². The maximum Gasteiger partial charge on any atom is 0.187 e. The first-order valence-corrected chi connectivity index (χ1v) is 31.1. The Bertz CT molecular complexity index is 2310. The van der Waals surface area contributed by atoms with Gasteiger partial charge < -0.3 is 144 Å². The number of fused-ring (bicyclic) bond motifs is 5. The first kappa shape index (κ1) is 70.9. The minimum absolute atomic E-state index is 0.0429. The lowest BCUT2D eigenvalue weighted by molar-refractivity contribution is -0.380. The van der Waals surface area contributed by atoms with Crippen LogP contribution in [0.3, 0.4) is 0 Å². The lowest BCUT2D eigenvalue weighted by Gasteiger charge is -2.67. The molecule has 3 saturated carbocycles. The van der Waals surface area contributed by atoms with Gasteiger partial charge in [0.25, 0.3) is 0 Å². The second kappa shape index (κ2) is 27.4. The fourth-order valence-electron chi connectivity index (χ4n) is 16.7. The van der Waals surface area contributed by atoms with Crippen molar-refractivity contribution in [2.75, 3.05) is 33.0 Å². The van der Waals surface area contributed by atoms with Crippen LogP contribution in [0.25, 0.3) is 0 Å². The van der Waals surface area contributed by atoms with Crippen molar-refractivity contribution in [2.45, 2.75) is 284 Å². The highest BCUT2D eigenvalue weighted by Gasteiger charge is 2.70. The van der Waals surface area contributed by atoms with Crippen LogP contribution in [0.4, 0.5) is 0 Å². The molecule has 0 aromatic heterocycles. The van der Waals surface area contributed by atoms with Crippen LogP contribution in [0, 0.1) is 39.4 Å². The molecule has 9 rings (SSSR count). The zero-order chi connectivity index (χ0) is 64.7. The Balaban J connectivity index is 0.871. The average Bonchev–Trinajstić information content (AvgIpc) is 1.26. The molecule has 19 N–H and O–H groups in total. The Morgan fingerprint density at radius 1 is 0.523 bits per heavy atom. The van der Waals surface area contributed by atoms with Crippen molar-refractivity contribution in [2.24, 2.45) is 39.4 Å². The highest BCUT2D eigenvalue weighted by atomic mass is 16.8. The van der Waals surface area contributed by atoms with Crippen LogP contribution < -0.4 is 0 Å². The Hall–Kier alpha value is -1.42. The number of aliphatic hydroxyl groups is 19. The molecule has 510 valence electrons. The molecule has 88 heavy (non-hydrogen) atoms. The summed E-state index contributed by atoms with van der Waals surface area (Å²) < 4.78 is 59.3. The standard InChI is InChI=1S/C59H100O29/c1-55(2)24-11-13-31-57(5)16-15-23(58(57,6)17-32(64)59(31,7)25(24)12-14-33(55)85-51-47(77)43(73)48(29(21-63)83-51)87-52-45(75)40(70)36(66)27(19-61)81-52)9-8-10-34(56(3,4)78)86-54-49(88-53-46(76)41(71)37(67)28(20-62)82-53)42(72)38(68)30(84-54)22-79-50-44(74)39(69)35(65)26(18-60)80-50/h11,23,25-54,60-78H,8-10,12-22H2,1-7H3/t23-,25+,26?,27?,28?,29?,30?,31-,32+,33-,34+,35+,36+,37+,38+,39?,40?,41?,42?,43?,44?,45?,46?,47?,48+,49?,50+,51-,52-,53-,54-,57-,58+,59-/m0/s1. The molecule has 0 aromatic carbocycles. The van der Waals surface area contributed by atoms with E-state index < -0.39 is 221 Å². The molecule has 34 atom stereocenters. The third kappa shape index (κ3) is 12.7. The number of aliphatic hydroxyl groups excluding tert-OH is 18. The first-order chi connectivity index (χ1) is 41.2. The SMILES string of the molecule is CC(C)(O)[C@@H](CCC[C@H]1CC[C@@]2(C)[C@@H]3CC=C4[C@@H](CC[C@H](O[C@@H]5OC(CO)[C@@H](O[C@@H]6OC(CO)[C@@H](O)C(O)C6O)C(O)C5O)C4(C)C)[C@]3(C)[C@H](O)C[C@]12C)O[C@@H]1OC(CO[C@@H]2OC(CO)[C@@H](O)C(O)C2O)[C@@H](O)C(O)C1O[C@@H]1OC(CO)[C@@H](O)C(O)C1O. The quantitative estimate of drug-likeness (QED) is 0.0505. The van der Waals surface area contributed by atoms with Gasteiger partial charge in [0.2, 0.25) is 0 Å². The summed E-state index contributed by atoms with van der Waals surface area (Å²) in [5, 5.41) is 205. The summed E-state index contributed by atoms with van der Waals surface area (Å²) in [6, 6.07) is 0. The number of ether oxygens (including phenoxy) is 10. The Labute approximate surface area is 510 Å². The molecule has 8 fully saturated rings. The molecule has 15 unspecified atom stereocenters. The molecule has 4 aliphatic carbocycles. The van der Waals surface area contributed by atoms with E-state index in [9.17, 15) is 97.0 Å². The van der Waals surface area contributed by atoms with Gasteiger partial charge >= 0.3 is 0 Å². The minimum Gasteiger partial charge on any atom is -0.394 e. The Morgan fingerprint density at radius 3 is 1.53 bits per heavy atom. The van der Waals surface area contributed by atoms with Crippen molar-refractivity contribution in [3.05, 3.63) is 11.6 Å². The molecule has 0 radical (unpaired) electrons.